The van der Waals surface area contributed by atoms with E-state index in [9.17, 15) is 13.2 Å². The first kappa shape index (κ1) is 20.0. The molecule has 0 radical (unpaired) electrons. The zero-order valence-electron chi connectivity index (χ0n) is 12.2. The monoisotopic (exact) mass is 329 g/mol. The lowest BCUT2D eigenvalue weighted by Gasteiger charge is -2.06. The van der Waals surface area contributed by atoms with Gasteiger partial charge in [0, 0.05) is 18.4 Å². The fraction of sp³-hybridized carbons (Fsp3) is 0.692. The lowest BCUT2D eigenvalue weighted by atomic mass is 10.2. The molecule has 0 unspecified atom stereocenters. The molecule has 0 aliphatic rings. The van der Waals surface area contributed by atoms with Crippen molar-refractivity contribution in [1.82, 2.24) is 4.57 Å². The quantitative estimate of drug-likeness (QED) is 0.487. The second kappa shape index (κ2) is 9.09. The zero-order chi connectivity index (χ0) is 16.5. The van der Waals surface area contributed by atoms with Crippen LogP contribution in [-0.2, 0) is 23.1 Å². The van der Waals surface area contributed by atoms with Crippen molar-refractivity contribution in [3.8, 4) is 0 Å². The van der Waals surface area contributed by atoms with E-state index in [4.69, 9.17) is 13.0 Å². The molecular formula is C13H22F3NO3S. The summed E-state index contributed by atoms with van der Waals surface area (Å²) in [6, 6.07) is 4.37. The molecule has 0 amide bonds. The lowest BCUT2D eigenvalue weighted by molar-refractivity contribution is -0.0510. The molecule has 8 heteroatoms. The smallest absolute Gasteiger partial charge is 0.351 e. The van der Waals surface area contributed by atoms with Gasteiger partial charge in [-0.1, -0.05) is 33.1 Å². The first-order chi connectivity index (χ1) is 9.63. The Morgan fingerprint density at radius 1 is 1.19 bits per heavy atom. The summed E-state index contributed by atoms with van der Waals surface area (Å²) in [5.41, 5.74) is -4.07. The van der Waals surface area contributed by atoms with Crippen molar-refractivity contribution in [3.63, 3.8) is 0 Å². The predicted molar refractivity (Wildman–Crippen MR) is 75.6 cm³/mol. The van der Waals surface area contributed by atoms with Gasteiger partial charge in [0.15, 0.2) is 0 Å². The van der Waals surface area contributed by atoms with E-state index in [1.54, 1.807) is 0 Å². The van der Waals surface area contributed by atoms with E-state index in [1.807, 2.05) is 0 Å². The van der Waals surface area contributed by atoms with Crippen LogP contribution in [0.15, 0.2) is 18.3 Å². The van der Waals surface area contributed by atoms with E-state index in [2.05, 4.69) is 36.7 Å². The molecule has 0 aliphatic heterocycles. The average Bonchev–Trinajstić information content (AvgIpc) is 2.80. The van der Waals surface area contributed by atoms with Gasteiger partial charge in [-0.25, -0.2) is 0 Å². The number of alkyl halides is 3. The predicted octanol–water partition coefficient (Wildman–Crippen LogP) is 4.02. The summed E-state index contributed by atoms with van der Waals surface area (Å²) < 4.78 is 59.9. The van der Waals surface area contributed by atoms with Crippen LogP contribution in [0.5, 0.6) is 0 Å². The first-order valence-corrected chi connectivity index (χ1v) is 8.25. The second-order valence-corrected chi connectivity index (χ2v) is 5.94. The van der Waals surface area contributed by atoms with Crippen molar-refractivity contribution >= 4 is 10.1 Å². The number of hydrogen-bond acceptors (Lipinski definition) is 2. The van der Waals surface area contributed by atoms with Gasteiger partial charge >= 0.3 is 15.6 Å². The van der Waals surface area contributed by atoms with Crippen LogP contribution in [0.3, 0.4) is 0 Å². The van der Waals surface area contributed by atoms with Crippen LogP contribution in [0.25, 0.3) is 0 Å². The number of unbranched alkanes of at least 4 members (excludes halogenated alkanes) is 3. The lowest BCUT2D eigenvalue weighted by Crippen LogP contribution is -2.21. The minimum absolute atomic E-state index is 1.15. The number of nitrogens with zero attached hydrogens (tertiary/aromatic N) is 1. The van der Waals surface area contributed by atoms with Gasteiger partial charge in [0.25, 0.3) is 0 Å². The van der Waals surface area contributed by atoms with Crippen LogP contribution in [0.4, 0.5) is 13.2 Å². The fourth-order valence-electron chi connectivity index (χ4n) is 1.70. The molecule has 4 nitrogen and oxygen atoms in total. The van der Waals surface area contributed by atoms with Gasteiger partial charge in [0.05, 0.1) is 0 Å². The summed E-state index contributed by atoms with van der Waals surface area (Å²) in [4.78, 5) is 0. The molecule has 0 aliphatic carbocycles. The third-order valence-corrected chi connectivity index (χ3v) is 3.42. The summed E-state index contributed by atoms with van der Waals surface area (Å²) in [6.45, 7) is 5.68. The maximum atomic E-state index is 10.7. The highest BCUT2D eigenvalue weighted by molar-refractivity contribution is 7.86. The van der Waals surface area contributed by atoms with E-state index >= 15 is 0 Å². The summed E-state index contributed by atoms with van der Waals surface area (Å²) in [6.07, 6.45) is 8.76. The zero-order valence-corrected chi connectivity index (χ0v) is 13.0. The normalized spacial score (nSPS) is 11.9. The van der Waals surface area contributed by atoms with Gasteiger partial charge in [-0.2, -0.15) is 21.6 Å². The molecule has 1 aromatic heterocycles. The Balaban J connectivity index is 0.000000433. The Morgan fingerprint density at radius 2 is 1.76 bits per heavy atom. The van der Waals surface area contributed by atoms with Crippen molar-refractivity contribution in [2.24, 2.45) is 0 Å². The largest absolute Gasteiger partial charge is 0.522 e. The average molecular weight is 329 g/mol. The molecule has 0 spiro atoms. The minimum atomic E-state index is -5.84. The van der Waals surface area contributed by atoms with Gasteiger partial charge in [-0.15, -0.1) is 0 Å². The molecule has 1 aromatic rings. The molecule has 124 valence electrons. The Morgan fingerprint density at radius 3 is 2.19 bits per heavy atom. The Hall–Kier alpha value is -1.02. The van der Waals surface area contributed by atoms with Crippen LogP contribution in [0, 0.1) is 0 Å². The number of hydrogen-bond donors (Lipinski definition) is 1. The highest BCUT2D eigenvalue weighted by atomic mass is 32.2. The molecular weight excluding hydrogens is 307 g/mol. The highest BCUT2D eigenvalue weighted by Gasteiger charge is 2.44. The van der Waals surface area contributed by atoms with Crippen molar-refractivity contribution in [2.45, 2.75) is 58.0 Å². The van der Waals surface area contributed by atoms with E-state index in [0.717, 1.165) is 6.42 Å². The second-order valence-electron chi connectivity index (χ2n) is 4.53. The molecule has 1 N–H and O–H groups in total. The molecule has 0 aromatic carbocycles. The van der Waals surface area contributed by atoms with Gasteiger partial charge in [-0.3, -0.25) is 4.55 Å². The third-order valence-electron chi connectivity index (χ3n) is 2.83. The molecule has 1 heterocycles. The van der Waals surface area contributed by atoms with Gasteiger partial charge in [0.2, 0.25) is 0 Å². The molecule has 0 atom stereocenters. The molecule has 21 heavy (non-hydrogen) atoms. The maximum absolute atomic E-state index is 10.7. The summed E-state index contributed by atoms with van der Waals surface area (Å²) in [5.74, 6) is 0. The number of aromatic nitrogens is 1. The molecule has 0 saturated heterocycles. The summed E-state index contributed by atoms with van der Waals surface area (Å²) in [5, 5.41) is 0. The van der Waals surface area contributed by atoms with Crippen LogP contribution < -0.4 is 0 Å². The van der Waals surface area contributed by atoms with Gasteiger partial charge < -0.3 is 4.57 Å². The van der Waals surface area contributed by atoms with E-state index in [0.29, 0.717) is 0 Å². The Bertz CT molecular complexity index is 495. The van der Waals surface area contributed by atoms with Crippen molar-refractivity contribution < 1.29 is 26.1 Å². The van der Waals surface area contributed by atoms with Crippen molar-refractivity contribution in [2.75, 3.05) is 0 Å². The third kappa shape index (κ3) is 8.11. The fourth-order valence-corrected chi connectivity index (χ4v) is 1.70. The van der Waals surface area contributed by atoms with Gasteiger partial charge in [0.1, 0.15) is 0 Å². The first-order valence-electron chi connectivity index (χ1n) is 6.81. The van der Waals surface area contributed by atoms with E-state index in [-0.39, 0.29) is 0 Å². The number of rotatable bonds is 6. The van der Waals surface area contributed by atoms with Crippen LogP contribution in [0.1, 0.15) is 45.2 Å². The van der Waals surface area contributed by atoms with E-state index < -0.39 is 15.6 Å². The molecule has 1 rings (SSSR count). The highest BCUT2D eigenvalue weighted by Crippen LogP contribution is 2.20. The minimum Gasteiger partial charge on any atom is -0.351 e. The standard InChI is InChI=1S/C12H21N.CHF3O3S/c1-3-5-6-7-10-13-11-8-9-12(13)4-2;2-1(3,4)8(5,6)7/h8-9,11H,3-7,10H2,1-2H3;(H,5,6,7). The van der Waals surface area contributed by atoms with Gasteiger partial charge in [-0.05, 0) is 25.0 Å². The van der Waals surface area contributed by atoms with Crippen molar-refractivity contribution in [3.05, 3.63) is 24.0 Å². The number of halogens is 3. The molecule has 0 saturated carbocycles. The Labute approximate surface area is 123 Å². The van der Waals surface area contributed by atoms with E-state index in [1.165, 1.54) is 37.9 Å². The number of aryl methyl sites for hydroxylation is 2. The Kier molecular flexibility index (Phi) is 8.65. The SMILES string of the molecule is CCCCCCn1cccc1CC.O=S(=O)(O)C(F)(F)F. The topological polar surface area (TPSA) is 59.3 Å². The van der Waals surface area contributed by atoms with Crippen molar-refractivity contribution in [1.29, 1.82) is 0 Å². The summed E-state index contributed by atoms with van der Waals surface area (Å²) >= 11 is 0. The van der Waals surface area contributed by atoms with Crippen LogP contribution in [-0.4, -0.2) is 23.0 Å². The van der Waals surface area contributed by atoms with Crippen LogP contribution >= 0.6 is 0 Å². The maximum Gasteiger partial charge on any atom is 0.522 e. The molecule has 0 fully saturated rings. The molecule has 0 bridgehead atoms. The van der Waals surface area contributed by atoms with Crippen LogP contribution in [0.2, 0.25) is 0 Å². The summed E-state index contributed by atoms with van der Waals surface area (Å²) in [7, 11) is -5.84.